The lowest BCUT2D eigenvalue weighted by Crippen LogP contribution is -2.10. The van der Waals surface area contributed by atoms with E-state index in [1.54, 1.807) is 0 Å². The number of nitrogens with two attached hydrogens (primary N) is 1. The average molecular weight is 216 g/mol. The first-order valence-corrected chi connectivity index (χ1v) is 4.10. The van der Waals surface area contributed by atoms with Gasteiger partial charge in [0.1, 0.15) is 5.69 Å². The van der Waals surface area contributed by atoms with Crippen molar-refractivity contribution in [3.05, 3.63) is 23.0 Å². The fourth-order valence-electron chi connectivity index (χ4n) is 1.15. The molecule has 4 nitrogen and oxygen atoms in total. The zero-order valence-electron chi connectivity index (χ0n) is 8.25. The molecule has 0 amide bonds. The standard InChI is InChI=1S/C9H10F2N2O2/c1-4-3-5(9(14)15-2)6(12)7(13-4)8(10)11/h3,8H,12H2,1-2H3. The van der Waals surface area contributed by atoms with E-state index >= 15 is 0 Å². The second-order valence-corrected chi connectivity index (χ2v) is 2.90. The number of nitrogens with zero attached hydrogens (tertiary/aromatic N) is 1. The summed E-state index contributed by atoms with van der Waals surface area (Å²) in [4.78, 5) is 14.8. The van der Waals surface area contributed by atoms with Crippen LogP contribution in [0.1, 0.15) is 28.2 Å². The number of alkyl halides is 2. The zero-order chi connectivity index (χ0) is 11.6. The van der Waals surface area contributed by atoms with Crippen LogP contribution >= 0.6 is 0 Å². The monoisotopic (exact) mass is 216 g/mol. The van der Waals surface area contributed by atoms with E-state index in [0.29, 0.717) is 5.69 Å². The molecule has 2 N–H and O–H groups in total. The van der Waals surface area contributed by atoms with Gasteiger partial charge in [-0.1, -0.05) is 0 Å². The Labute approximate surface area is 85.1 Å². The molecule has 0 atom stereocenters. The van der Waals surface area contributed by atoms with E-state index in [0.717, 1.165) is 7.11 Å². The van der Waals surface area contributed by atoms with Crippen molar-refractivity contribution < 1.29 is 18.3 Å². The molecule has 0 unspecified atom stereocenters. The number of nitrogen functional groups attached to an aromatic ring is 1. The van der Waals surface area contributed by atoms with Crippen molar-refractivity contribution in [2.45, 2.75) is 13.3 Å². The Bertz CT molecular complexity index is 394. The summed E-state index contributed by atoms with van der Waals surface area (Å²) < 4.78 is 29.3. The van der Waals surface area contributed by atoms with Gasteiger partial charge in [0.05, 0.1) is 18.4 Å². The van der Waals surface area contributed by atoms with Gasteiger partial charge in [-0.3, -0.25) is 0 Å². The van der Waals surface area contributed by atoms with Crippen molar-refractivity contribution >= 4 is 11.7 Å². The normalized spacial score (nSPS) is 10.5. The summed E-state index contributed by atoms with van der Waals surface area (Å²) in [6.07, 6.45) is -2.81. The van der Waals surface area contributed by atoms with Crippen LogP contribution in [-0.2, 0) is 4.74 Å². The largest absolute Gasteiger partial charge is 0.465 e. The fourth-order valence-corrected chi connectivity index (χ4v) is 1.15. The van der Waals surface area contributed by atoms with Crippen LogP contribution < -0.4 is 5.73 Å². The van der Waals surface area contributed by atoms with Crippen molar-refractivity contribution in [1.82, 2.24) is 4.98 Å². The van der Waals surface area contributed by atoms with Gasteiger partial charge >= 0.3 is 5.97 Å². The topological polar surface area (TPSA) is 65.2 Å². The Kier molecular flexibility index (Phi) is 3.18. The number of carbonyl (C=O) groups is 1. The number of esters is 1. The van der Waals surface area contributed by atoms with Crippen molar-refractivity contribution in [2.75, 3.05) is 12.8 Å². The van der Waals surface area contributed by atoms with Crippen molar-refractivity contribution in [1.29, 1.82) is 0 Å². The Morgan fingerprint density at radius 3 is 2.67 bits per heavy atom. The average Bonchev–Trinajstić information content (AvgIpc) is 2.19. The van der Waals surface area contributed by atoms with Gasteiger partial charge in [-0.25, -0.2) is 18.6 Å². The van der Waals surface area contributed by atoms with Crippen LogP contribution in [0.4, 0.5) is 14.5 Å². The van der Waals surface area contributed by atoms with Gasteiger partial charge < -0.3 is 10.5 Å². The number of hydrogen-bond donors (Lipinski definition) is 1. The summed E-state index contributed by atoms with van der Waals surface area (Å²) >= 11 is 0. The molecule has 0 aliphatic carbocycles. The molecular formula is C9H10F2N2O2. The summed E-state index contributed by atoms with van der Waals surface area (Å²) in [5.74, 6) is -0.750. The van der Waals surface area contributed by atoms with Gasteiger partial charge in [-0.05, 0) is 13.0 Å². The Hall–Kier alpha value is -1.72. The highest BCUT2D eigenvalue weighted by Crippen LogP contribution is 2.26. The summed E-state index contributed by atoms with van der Waals surface area (Å²) in [5.41, 5.74) is 4.68. The number of carbonyl (C=O) groups excluding carboxylic acids is 1. The maximum atomic E-state index is 12.5. The lowest BCUT2D eigenvalue weighted by molar-refractivity contribution is 0.0601. The van der Waals surface area contributed by atoms with Gasteiger partial charge in [0, 0.05) is 5.69 Å². The van der Waals surface area contributed by atoms with Crippen LogP contribution in [-0.4, -0.2) is 18.1 Å². The number of ether oxygens (including phenoxy) is 1. The third-order valence-corrected chi connectivity index (χ3v) is 1.83. The summed E-state index contributed by atoms with van der Waals surface area (Å²) in [5, 5.41) is 0. The molecule has 1 rings (SSSR count). The molecule has 0 radical (unpaired) electrons. The van der Waals surface area contributed by atoms with Crippen LogP contribution in [0.15, 0.2) is 6.07 Å². The van der Waals surface area contributed by atoms with E-state index in [2.05, 4.69) is 9.72 Å². The highest BCUT2D eigenvalue weighted by atomic mass is 19.3. The molecule has 0 fully saturated rings. The molecule has 1 aromatic rings. The molecule has 1 aromatic heterocycles. The first kappa shape index (κ1) is 11.4. The zero-order valence-corrected chi connectivity index (χ0v) is 8.25. The van der Waals surface area contributed by atoms with Crippen LogP contribution in [0.2, 0.25) is 0 Å². The highest BCUT2D eigenvalue weighted by molar-refractivity contribution is 5.95. The van der Waals surface area contributed by atoms with E-state index in [9.17, 15) is 13.6 Å². The third kappa shape index (κ3) is 2.20. The molecule has 1 heterocycles. The van der Waals surface area contributed by atoms with Gasteiger partial charge in [0.15, 0.2) is 0 Å². The second-order valence-electron chi connectivity index (χ2n) is 2.90. The van der Waals surface area contributed by atoms with Crippen LogP contribution in [0, 0.1) is 6.92 Å². The number of pyridine rings is 1. The fraction of sp³-hybridized carbons (Fsp3) is 0.333. The molecule has 0 spiro atoms. The molecule has 0 aromatic carbocycles. The maximum Gasteiger partial charge on any atom is 0.340 e. The van der Waals surface area contributed by atoms with E-state index in [1.807, 2.05) is 0 Å². The second kappa shape index (κ2) is 4.20. The van der Waals surface area contributed by atoms with Crippen LogP contribution in [0.25, 0.3) is 0 Å². The molecule has 0 aliphatic rings. The number of aryl methyl sites for hydroxylation is 1. The first-order valence-electron chi connectivity index (χ1n) is 4.10. The highest BCUT2D eigenvalue weighted by Gasteiger charge is 2.20. The number of hydrogen-bond acceptors (Lipinski definition) is 4. The predicted molar refractivity (Wildman–Crippen MR) is 49.7 cm³/mol. The number of anilines is 1. The molecule has 0 saturated carbocycles. The Balaban J connectivity index is 3.34. The number of rotatable bonds is 2. The lowest BCUT2D eigenvalue weighted by atomic mass is 10.1. The van der Waals surface area contributed by atoms with Gasteiger partial charge in [0.25, 0.3) is 6.43 Å². The number of halogens is 2. The van der Waals surface area contributed by atoms with Gasteiger partial charge in [0.2, 0.25) is 0 Å². The molecule has 6 heteroatoms. The molecule has 15 heavy (non-hydrogen) atoms. The quantitative estimate of drug-likeness (QED) is 0.764. The van der Waals surface area contributed by atoms with Gasteiger partial charge in [-0.15, -0.1) is 0 Å². The molecular weight excluding hydrogens is 206 g/mol. The minimum absolute atomic E-state index is 0.0831. The smallest absolute Gasteiger partial charge is 0.340 e. The molecule has 0 aliphatic heterocycles. The van der Waals surface area contributed by atoms with E-state index in [4.69, 9.17) is 5.73 Å². The minimum atomic E-state index is -2.81. The Morgan fingerprint density at radius 2 is 2.20 bits per heavy atom. The van der Waals surface area contributed by atoms with Crippen molar-refractivity contribution in [2.24, 2.45) is 0 Å². The summed E-state index contributed by atoms with van der Waals surface area (Å²) in [6, 6.07) is 1.31. The number of aromatic nitrogens is 1. The summed E-state index contributed by atoms with van der Waals surface area (Å²) in [6.45, 7) is 1.50. The number of methoxy groups -OCH3 is 1. The predicted octanol–water partition coefficient (Wildman–Crippen LogP) is 1.70. The van der Waals surface area contributed by atoms with Crippen LogP contribution in [0.5, 0.6) is 0 Å². The summed E-state index contributed by atoms with van der Waals surface area (Å²) in [7, 11) is 1.15. The first-order chi connectivity index (χ1) is 6.97. The van der Waals surface area contributed by atoms with E-state index in [1.165, 1.54) is 13.0 Å². The SMILES string of the molecule is COC(=O)c1cc(C)nc(C(F)F)c1N. The van der Waals surface area contributed by atoms with E-state index < -0.39 is 18.1 Å². The van der Waals surface area contributed by atoms with Crippen molar-refractivity contribution in [3.8, 4) is 0 Å². The molecule has 82 valence electrons. The minimum Gasteiger partial charge on any atom is -0.465 e. The lowest BCUT2D eigenvalue weighted by Gasteiger charge is -2.09. The molecule has 0 bridgehead atoms. The van der Waals surface area contributed by atoms with Crippen LogP contribution in [0.3, 0.4) is 0 Å². The van der Waals surface area contributed by atoms with Gasteiger partial charge in [-0.2, -0.15) is 0 Å². The molecule has 0 saturated heterocycles. The Morgan fingerprint density at radius 1 is 1.60 bits per heavy atom. The van der Waals surface area contributed by atoms with Crippen molar-refractivity contribution in [3.63, 3.8) is 0 Å². The maximum absolute atomic E-state index is 12.5. The third-order valence-electron chi connectivity index (χ3n) is 1.83. The van der Waals surface area contributed by atoms with E-state index in [-0.39, 0.29) is 11.3 Å².